The van der Waals surface area contributed by atoms with E-state index in [4.69, 9.17) is 16.6 Å². The Kier molecular flexibility index (Phi) is 5.19. The van der Waals surface area contributed by atoms with Crippen molar-refractivity contribution in [1.29, 1.82) is 0 Å². The van der Waals surface area contributed by atoms with E-state index in [1.54, 1.807) is 0 Å². The minimum Gasteiger partial charge on any atom is -0.480 e. The fourth-order valence-corrected chi connectivity index (χ4v) is 1.39. The van der Waals surface area contributed by atoms with E-state index in [1.807, 2.05) is 13.8 Å². The zero-order chi connectivity index (χ0) is 14.4. The van der Waals surface area contributed by atoms with Gasteiger partial charge in [-0.25, -0.2) is 15.0 Å². The van der Waals surface area contributed by atoms with E-state index in [0.717, 1.165) is 0 Å². The first-order valence-corrected chi connectivity index (χ1v) is 5.79. The number of carboxylic acid groups (broad SMARTS) is 1. The molecule has 0 aliphatic carbocycles. The summed E-state index contributed by atoms with van der Waals surface area (Å²) in [7, 11) is 0. The Morgan fingerprint density at radius 1 is 1.42 bits per heavy atom. The van der Waals surface area contributed by atoms with E-state index < -0.39 is 12.0 Å². The lowest BCUT2D eigenvalue weighted by Crippen LogP contribution is -2.31. The third-order valence-corrected chi connectivity index (χ3v) is 2.29. The van der Waals surface area contributed by atoms with E-state index in [0.29, 0.717) is 29.3 Å². The minimum absolute atomic E-state index is 0.357. The van der Waals surface area contributed by atoms with Crippen LogP contribution in [0.1, 0.15) is 20.3 Å². The Bertz CT molecular complexity index is 539. The lowest BCUT2D eigenvalue weighted by Gasteiger charge is -2.07. The number of aromatic amines is 1. The van der Waals surface area contributed by atoms with E-state index in [-0.39, 0.29) is 0 Å². The molecule has 0 bridgehead atoms. The number of aromatic nitrogens is 4. The number of nitrogens with zero attached hydrogens (tertiary/aromatic N) is 3. The largest absolute Gasteiger partial charge is 0.480 e. The van der Waals surface area contributed by atoms with Gasteiger partial charge in [0.15, 0.2) is 11.5 Å². The first-order valence-electron chi connectivity index (χ1n) is 5.79. The van der Waals surface area contributed by atoms with Crippen molar-refractivity contribution >= 4 is 23.0 Å². The Hall–Kier alpha value is -2.22. The van der Waals surface area contributed by atoms with Crippen LogP contribution < -0.4 is 11.5 Å². The van der Waals surface area contributed by atoms with Crippen LogP contribution in [-0.4, -0.2) is 37.1 Å². The molecule has 2 aromatic rings. The van der Waals surface area contributed by atoms with Gasteiger partial charge in [-0.3, -0.25) is 4.79 Å². The minimum atomic E-state index is -0.913. The van der Waals surface area contributed by atoms with Gasteiger partial charge in [0.2, 0.25) is 0 Å². The molecule has 0 aliphatic rings. The van der Waals surface area contributed by atoms with Gasteiger partial charge < -0.3 is 21.6 Å². The SMILES string of the molecule is CC(C)CC(N)C(=O)O.Nc1ncnc2nc[nH]c12. The predicted molar refractivity (Wildman–Crippen MR) is 71.2 cm³/mol. The van der Waals surface area contributed by atoms with Crippen molar-refractivity contribution in [3.05, 3.63) is 12.7 Å². The molecule has 104 valence electrons. The standard InChI is InChI=1S/C6H13NO2.C5H5N5/c1-4(2)3-5(7)6(8)9;6-4-3-5(9-1-7-3)10-2-8-4/h4-5H,3,7H2,1-2H3,(H,8,9);1-2H,(H3,6,7,8,9,10). The molecule has 0 radical (unpaired) electrons. The summed E-state index contributed by atoms with van der Waals surface area (Å²) < 4.78 is 0. The average Bonchev–Trinajstić information content (AvgIpc) is 2.78. The number of anilines is 1. The van der Waals surface area contributed by atoms with Gasteiger partial charge in [0.05, 0.1) is 6.33 Å². The summed E-state index contributed by atoms with van der Waals surface area (Å²) in [4.78, 5) is 24.5. The zero-order valence-corrected chi connectivity index (χ0v) is 10.9. The monoisotopic (exact) mass is 266 g/mol. The molecular formula is C11H18N6O2. The molecule has 0 aliphatic heterocycles. The number of nitrogens with two attached hydrogens (primary N) is 2. The number of rotatable bonds is 3. The molecule has 19 heavy (non-hydrogen) atoms. The summed E-state index contributed by atoms with van der Waals surface area (Å²) in [6.07, 6.45) is 3.48. The highest BCUT2D eigenvalue weighted by Crippen LogP contribution is 2.09. The van der Waals surface area contributed by atoms with E-state index in [1.165, 1.54) is 12.7 Å². The molecule has 6 N–H and O–H groups in total. The number of nitrogen functional groups attached to an aromatic ring is 1. The summed E-state index contributed by atoms with van der Waals surface area (Å²) in [6.45, 7) is 3.89. The number of carboxylic acids is 1. The van der Waals surface area contributed by atoms with Crippen LogP contribution in [0.5, 0.6) is 0 Å². The van der Waals surface area contributed by atoms with Crippen molar-refractivity contribution in [2.24, 2.45) is 11.7 Å². The third kappa shape index (κ3) is 4.51. The molecular weight excluding hydrogens is 248 g/mol. The molecule has 0 aromatic carbocycles. The van der Waals surface area contributed by atoms with Gasteiger partial charge in [0.25, 0.3) is 0 Å². The van der Waals surface area contributed by atoms with Crippen molar-refractivity contribution in [2.75, 3.05) is 5.73 Å². The van der Waals surface area contributed by atoms with Crippen LogP contribution in [0.3, 0.4) is 0 Å². The van der Waals surface area contributed by atoms with E-state index in [2.05, 4.69) is 19.9 Å². The Morgan fingerprint density at radius 3 is 2.58 bits per heavy atom. The molecule has 8 nitrogen and oxygen atoms in total. The highest BCUT2D eigenvalue weighted by atomic mass is 16.4. The fraction of sp³-hybridized carbons (Fsp3) is 0.455. The second-order valence-electron chi connectivity index (χ2n) is 4.43. The molecule has 1 atom stereocenters. The third-order valence-electron chi connectivity index (χ3n) is 2.29. The number of fused-ring (bicyclic) bond motifs is 1. The second-order valence-corrected chi connectivity index (χ2v) is 4.43. The molecule has 2 heterocycles. The zero-order valence-electron chi connectivity index (χ0n) is 10.9. The van der Waals surface area contributed by atoms with E-state index >= 15 is 0 Å². The maximum Gasteiger partial charge on any atom is 0.320 e. The topological polar surface area (TPSA) is 144 Å². The van der Waals surface area contributed by atoms with Gasteiger partial charge in [-0.1, -0.05) is 13.8 Å². The molecule has 0 saturated heterocycles. The lowest BCUT2D eigenvalue weighted by atomic mass is 10.1. The number of carbonyl (C=O) groups is 1. The highest BCUT2D eigenvalue weighted by Gasteiger charge is 2.11. The summed E-state index contributed by atoms with van der Waals surface area (Å²) in [5.41, 5.74) is 12.0. The number of nitrogens with one attached hydrogen (secondary N) is 1. The van der Waals surface area contributed by atoms with Crippen molar-refractivity contribution in [2.45, 2.75) is 26.3 Å². The first kappa shape index (κ1) is 14.8. The summed E-state index contributed by atoms with van der Waals surface area (Å²) in [6, 6.07) is -0.690. The van der Waals surface area contributed by atoms with Crippen LogP contribution >= 0.6 is 0 Å². The number of aliphatic carboxylic acids is 1. The van der Waals surface area contributed by atoms with Gasteiger partial charge in [-0.2, -0.15) is 0 Å². The van der Waals surface area contributed by atoms with E-state index in [9.17, 15) is 4.79 Å². The summed E-state index contributed by atoms with van der Waals surface area (Å²) in [5, 5.41) is 8.31. The molecule has 0 amide bonds. The maximum absolute atomic E-state index is 10.1. The molecule has 0 fully saturated rings. The van der Waals surface area contributed by atoms with Crippen LogP contribution in [-0.2, 0) is 4.79 Å². The quantitative estimate of drug-likeness (QED) is 0.628. The maximum atomic E-state index is 10.1. The highest BCUT2D eigenvalue weighted by molar-refractivity contribution is 5.80. The van der Waals surface area contributed by atoms with Crippen LogP contribution in [0.15, 0.2) is 12.7 Å². The van der Waals surface area contributed by atoms with Crippen LogP contribution in [0.4, 0.5) is 5.82 Å². The second kappa shape index (κ2) is 6.64. The fourth-order valence-electron chi connectivity index (χ4n) is 1.39. The number of H-pyrrole nitrogens is 1. The van der Waals surface area contributed by atoms with Gasteiger partial charge in [0, 0.05) is 0 Å². The van der Waals surface area contributed by atoms with Crippen molar-refractivity contribution in [1.82, 2.24) is 19.9 Å². The molecule has 8 heteroatoms. The Balaban J connectivity index is 0.000000192. The normalized spacial score (nSPS) is 12.0. The predicted octanol–water partition coefficient (Wildman–Crippen LogP) is 0.380. The van der Waals surface area contributed by atoms with Gasteiger partial charge >= 0.3 is 5.97 Å². The molecule has 0 spiro atoms. The van der Waals surface area contributed by atoms with Gasteiger partial charge in [0.1, 0.15) is 17.9 Å². The smallest absolute Gasteiger partial charge is 0.320 e. The summed E-state index contributed by atoms with van der Waals surface area (Å²) in [5.74, 6) is -0.123. The molecule has 1 unspecified atom stereocenters. The van der Waals surface area contributed by atoms with Crippen LogP contribution in [0, 0.1) is 5.92 Å². The molecule has 2 rings (SSSR count). The molecule has 2 aromatic heterocycles. The number of hydrogen-bond acceptors (Lipinski definition) is 6. The Labute approximate surface area is 110 Å². The van der Waals surface area contributed by atoms with Gasteiger partial charge in [-0.15, -0.1) is 0 Å². The number of hydrogen-bond donors (Lipinski definition) is 4. The van der Waals surface area contributed by atoms with Crippen LogP contribution in [0.2, 0.25) is 0 Å². The summed E-state index contributed by atoms with van der Waals surface area (Å²) >= 11 is 0. The number of imidazole rings is 1. The first-order chi connectivity index (χ1) is 8.91. The average molecular weight is 266 g/mol. The lowest BCUT2D eigenvalue weighted by molar-refractivity contribution is -0.138. The van der Waals surface area contributed by atoms with Crippen LogP contribution in [0.25, 0.3) is 11.2 Å². The van der Waals surface area contributed by atoms with Crippen molar-refractivity contribution in [3.63, 3.8) is 0 Å². The van der Waals surface area contributed by atoms with Crippen molar-refractivity contribution in [3.8, 4) is 0 Å². The van der Waals surface area contributed by atoms with Gasteiger partial charge in [-0.05, 0) is 12.3 Å². The molecule has 0 saturated carbocycles. The Morgan fingerprint density at radius 2 is 2.11 bits per heavy atom. The van der Waals surface area contributed by atoms with Crippen molar-refractivity contribution < 1.29 is 9.90 Å².